The highest BCUT2D eigenvalue weighted by Crippen LogP contribution is 2.26. The van der Waals surface area contributed by atoms with E-state index in [0.717, 1.165) is 41.7 Å². The maximum Gasteiger partial charge on any atom is 0.222 e. The highest BCUT2D eigenvalue weighted by Gasteiger charge is 2.32. The minimum atomic E-state index is -0.430. The molecule has 0 amide bonds. The van der Waals surface area contributed by atoms with Crippen molar-refractivity contribution in [2.75, 3.05) is 43.6 Å². The fraction of sp³-hybridized carbons (Fsp3) is 0.333. The Bertz CT molecular complexity index is 912. The molecule has 0 saturated carbocycles. The lowest BCUT2D eigenvalue weighted by Crippen LogP contribution is -2.57. The zero-order valence-corrected chi connectivity index (χ0v) is 17.9. The third kappa shape index (κ3) is 4.77. The predicted octanol–water partition coefficient (Wildman–Crippen LogP) is 2.64. The standard InChI is InChI=1S/C21H26N6O2.ClH/c1-15-4-3-5-17(14-15)27-20(23-16-6-8-18(28-2)9-7-16)24-19(22)25-21(27)26-10-12-29-13-11-26;/h3-9,14,20,23H,10-13H2,1-2H3,(H2,22,24);1H. The molecule has 0 radical (unpaired) electrons. The zero-order chi connectivity index (χ0) is 20.2. The number of hydrogen-bond donors (Lipinski definition) is 2. The molecule has 2 aliphatic rings. The van der Waals surface area contributed by atoms with Gasteiger partial charge in [-0.25, -0.2) is 4.99 Å². The van der Waals surface area contributed by atoms with Crippen LogP contribution >= 0.6 is 12.4 Å². The predicted molar refractivity (Wildman–Crippen MR) is 123 cm³/mol. The van der Waals surface area contributed by atoms with Crippen LogP contribution in [-0.2, 0) is 4.74 Å². The minimum Gasteiger partial charge on any atom is -0.497 e. The molecule has 1 saturated heterocycles. The number of benzene rings is 2. The normalized spacial score (nSPS) is 18.8. The van der Waals surface area contributed by atoms with Crippen molar-refractivity contribution in [2.24, 2.45) is 15.7 Å². The van der Waals surface area contributed by atoms with E-state index in [2.05, 4.69) is 50.2 Å². The van der Waals surface area contributed by atoms with Gasteiger partial charge in [0.05, 0.1) is 20.3 Å². The van der Waals surface area contributed by atoms with Crippen LogP contribution in [0, 0.1) is 6.92 Å². The number of guanidine groups is 2. The van der Waals surface area contributed by atoms with Crippen molar-refractivity contribution in [3.05, 3.63) is 54.1 Å². The number of morpholine rings is 1. The van der Waals surface area contributed by atoms with Crippen molar-refractivity contribution >= 4 is 35.7 Å². The van der Waals surface area contributed by atoms with Gasteiger partial charge in [-0.2, -0.15) is 4.99 Å². The fourth-order valence-electron chi connectivity index (χ4n) is 3.43. The van der Waals surface area contributed by atoms with Gasteiger partial charge in [-0.15, -0.1) is 12.4 Å². The summed E-state index contributed by atoms with van der Waals surface area (Å²) in [4.78, 5) is 13.5. The van der Waals surface area contributed by atoms with Gasteiger partial charge in [-0.05, 0) is 48.9 Å². The molecule has 2 aliphatic heterocycles. The number of aliphatic imine (C=N–C) groups is 2. The third-order valence-corrected chi connectivity index (χ3v) is 4.89. The van der Waals surface area contributed by atoms with Crippen LogP contribution in [0.2, 0.25) is 0 Å². The molecule has 1 unspecified atom stereocenters. The summed E-state index contributed by atoms with van der Waals surface area (Å²) in [6.07, 6.45) is -0.430. The Balaban J connectivity index is 0.00000256. The molecule has 9 heteroatoms. The third-order valence-electron chi connectivity index (χ3n) is 4.89. The Morgan fingerprint density at radius 2 is 1.87 bits per heavy atom. The molecule has 30 heavy (non-hydrogen) atoms. The van der Waals surface area contributed by atoms with E-state index in [1.54, 1.807) is 7.11 Å². The lowest BCUT2D eigenvalue weighted by atomic mass is 10.2. The van der Waals surface area contributed by atoms with Gasteiger partial charge in [0.15, 0.2) is 0 Å². The molecule has 0 spiro atoms. The number of halogens is 1. The second-order valence-electron chi connectivity index (χ2n) is 6.95. The summed E-state index contributed by atoms with van der Waals surface area (Å²) in [5, 5.41) is 3.46. The monoisotopic (exact) mass is 430 g/mol. The van der Waals surface area contributed by atoms with Gasteiger partial charge in [0, 0.05) is 24.5 Å². The van der Waals surface area contributed by atoms with E-state index in [-0.39, 0.29) is 18.4 Å². The Morgan fingerprint density at radius 1 is 1.13 bits per heavy atom. The molecule has 1 atom stereocenters. The quantitative estimate of drug-likeness (QED) is 0.775. The SMILES string of the molecule is COc1ccc(NC2N=C(N)N=C(N3CCOCC3)N2c2cccc(C)c2)cc1.Cl. The molecular weight excluding hydrogens is 404 g/mol. The number of rotatable bonds is 4. The van der Waals surface area contributed by atoms with Crippen molar-refractivity contribution < 1.29 is 9.47 Å². The molecule has 8 nitrogen and oxygen atoms in total. The van der Waals surface area contributed by atoms with Crippen LogP contribution in [0.1, 0.15) is 5.56 Å². The summed E-state index contributed by atoms with van der Waals surface area (Å²) in [7, 11) is 1.65. The second kappa shape index (κ2) is 9.69. The summed E-state index contributed by atoms with van der Waals surface area (Å²) in [6, 6.07) is 16.0. The molecule has 2 aromatic carbocycles. The lowest BCUT2D eigenvalue weighted by molar-refractivity contribution is 0.0671. The molecule has 1 fully saturated rings. The van der Waals surface area contributed by atoms with E-state index in [1.807, 2.05) is 30.3 Å². The maximum atomic E-state index is 6.11. The van der Waals surface area contributed by atoms with Crippen molar-refractivity contribution in [3.8, 4) is 5.75 Å². The number of aryl methyl sites for hydroxylation is 1. The molecule has 0 bridgehead atoms. The van der Waals surface area contributed by atoms with E-state index < -0.39 is 6.29 Å². The number of anilines is 2. The Hall–Kier alpha value is -2.97. The number of hydrogen-bond acceptors (Lipinski definition) is 8. The fourth-order valence-corrected chi connectivity index (χ4v) is 3.43. The minimum absolute atomic E-state index is 0. The number of nitrogens with zero attached hydrogens (tertiary/aromatic N) is 4. The van der Waals surface area contributed by atoms with E-state index in [4.69, 9.17) is 15.2 Å². The molecule has 4 rings (SSSR count). The van der Waals surface area contributed by atoms with Crippen LogP contribution in [0.25, 0.3) is 0 Å². The lowest BCUT2D eigenvalue weighted by Gasteiger charge is -2.41. The van der Waals surface area contributed by atoms with Crippen molar-refractivity contribution in [3.63, 3.8) is 0 Å². The molecule has 0 aliphatic carbocycles. The van der Waals surface area contributed by atoms with Crippen LogP contribution in [0.15, 0.2) is 58.5 Å². The number of nitrogens with one attached hydrogen (secondary N) is 1. The van der Waals surface area contributed by atoms with Gasteiger partial charge < -0.3 is 25.4 Å². The summed E-state index contributed by atoms with van der Waals surface area (Å²) >= 11 is 0. The average molecular weight is 431 g/mol. The van der Waals surface area contributed by atoms with Gasteiger partial charge in [0.1, 0.15) is 5.75 Å². The second-order valence-corrected chi connectivity index (χ2v) is 6.95. The van der Waals surface area contributed by atoms with Crippen LogP contribution < -0.4 is 20.7 Å². The first-order chi connectivity index (χ1) is 14.1. The van der Waals surface area contributed by atoms with Gasteiger partial charge in [0.25, 0.3) is 0 Å². The van der Waals surface area contributed by atoms with E-state index >= 15 is 0 Å². The van der Waals surface area contributed by atoms with Crippen LogP contribution in [0.4, 0.5) is 11.4 Å². The highest BCUT2D eigenvalue weighted by molar-refractivity contribution is 6.06. The number of methoxy groups -OCH3 is 1. The first-order valence-corrected chi connectivity index (χ1v) is 9.65. The van der Waals surface area contributed by atoms with Crippen LogP contribution in [0.5, 0.6) is 5.75 Å². The van der Waals surface area contributed by atoms with Gasteiger partial charge in [-0.3, -0.25) is 4.90 Å². The van der Waals surface area contributed by atoms with Crippen LogP contribution in [0.3, 0.4) is 0 Å². The van der Waals surface area contributed by atoms with Crippen molar-refractivity contribution in [1.82, 2.24) is 4.90 Å². The molecule has 3 N–H and O–H groups in total. The van der Waals surface area contributed by atoms with Gasteiger partial charge in [0.2, 0.25) is 18.2 Å². The first-order valence-electron chi connectivity index (χ1n) is 9.65. The van der Waals surface area contributed by atoms with Crippen LogP contribution in [-0.4, -0.2) is 56.5 Å². The molecule has 160 valence electrons. The topological polar surface area (TPSA) is 87.7 Å². The van der Waals surface area contributed by atoms with Gasteiger partial charge in [-0.1, -0.05) is 12.1 Å². The van der Waals surface area contributed by atoms with E-state index in [0.29, 0.717) is 13.2 Å². The Kier molecular flexibility index (Phi) is 7.02. The molecule has 2 aromatic rings. The van der Waals surface area contributed by atoms with E-state index in [9.17, 15) is 0 Å². The molecule has 2 heterocycles. The Morgan fingerprint density at radius 3 is 2.53 bits per heavy atom. The average Bonchev–Trinajstić information content (AvgIpc) is 2.74. The summed E-state index contributed by atoms with van der Waals surface area (Å²) in [5.41, 5.74) is 9.18. The highest BCUT2D eigenvalue weighted by atomic mass is 35.5. The summed E-state index contributed by atoms with van der Waals surface area (Å²) < 4.78 is 10.8. The summed E-state index contributed by atoms with van der Waals surface area (Å²) in [6.45, 7) is 4.90. The van der Waals surface area contributed by atoms with Crippen molar-refractivity contribution in [2.45, 2.75) is 13.2 Å². The smallest absolute Gasteiger partial charge is 0.222 e. The molecular formula is C21H27ClN6O2. The molecule has 0 aromatic heterocycles. The summed E-state index contributed by atoms with van der Waals surface area (Å²) in [5.74, 6) is 1.83. The van der Waals surface area contributed by atoms with Crippen molar-refractivity contribution in [1.29, 1.82) is 0 Å². The Labute approximate surface area is 182 Å². The largest absolute Gasteiger partial charge is 0.497 e. The number of nitrogens with two attached hydrogens (primary N) is 1. The zero-order valence-electron chi connectivity index (χ0n) is 17.1. The van der Waals surface area contributed by atoms with Gasteiger partial charge >= 0.3 is 0 Å². The van der Waals surface area contributed by atoms with E-state index in [1.165, 1.54) is 0 Å². The number of ether oxygens (including phenoxy) is 2. The maximum absolute atomic E-state index is 6.11. The first kappa shape index (κ1) is 21.7.